The monoisotopic (exact) mass is 353 g/mol. The van der Waals surface area contributed by atoms with Gasteiger partial charge in [0.25, 0.3) is 0 Å². The summed E-state index contributed by atoms with van der Waals surface area (Å²) in [6, 6.07) is 7.05. The number of halogens is 1. The zero-order valence-electron chi connectivity index (χ0n) is 12.5. The van der Waals surface area contributed by atoms with Crippen molar-refractivity contribution in [2.24, 2.45) is 0 Å². The Kier molecular flexibility index (Phi) is 4.88. The minimum Gasteiger partial charge on any atom is -0.336 e. The van der Waals surface area contributed by atoms with Crippen molar-refractivity contribution in [2.75, 3.05) is 18.0 Å². The van der Waals surface area contributed by atoms with Crippen molar-refractivity contribution in [1.29, 1.82) is 0 Å². The Morgan fingerprint density at radius 2 is 2.10 bits per heavy atom. The Hall–Kier alpha value is -1.56. The maximum atomic E-state index is 12.5. The highest BCUT2D eigenvalue weighted by atomic mass is 79.9. The number of amides is 3. The first-order chi connectivity index (χ1) is 9.90. The molecule has 1 N–H and O–H groups in total. The number of piperazine rings is 1. The molecule has 0 saturated carbocycles. The van der Waals surface area contributed by atoms with E-state index in [9.17, 15) is 9.59 Å². The van der Waals surface area contributed by atoms with Crippen molar-refractivity contribution in [1.82, 2.24) is 10.2 Å². The molecule has 0 bridgehead atoms. The second kappa shape index (κ2) is 6.47. The van der Waals surface area contributed by atoms with Crippen molar-refractivity contribution in [3.8, 4) is 0 Å². The van der Waals surface area contributed by atoms with E-state index in [2.05, 4.69) is 21.2 Å². The van der Waals surface area contributed by atoms with Crippen molar-refractivity contribution < 1.29 is 9.59 Å². The fourth-order valence-corrected chi connectivity index (χ4v) is 2.77. The van der Waals surface area contributed by atoms with E-state index in [1.54, 1.807) is 16.7 Å². The molecular weight excluding hydrogens is 334 g/mol. The van der Waals surface area contributed by atoms with E-state index < -0.39 is 6.04 Å². The molecule has 1 aromatic carbocycles. The molecule has 0 radical (unpaired) electrons. The van der Waals surface area contributed by atoms with Crippen molar-refractivity contribution in [3.05, 3.63) is 28.7 Å². The van der Waals surface area contributed by atoms with E-state index in [1.807, 2.05) is 38.1 Å². The molecule has 6 heteroatoms. The SMILES string of the molecule is CC(C)NC(=O)N1CCN(c2cccc(Br)c2)C(=O)C1C. The van der Waals surface area contributed by atoms with E-state index >= 15 is 0 Å². The van der Waals surface area contributed by atoms with E-state index in [-0.39, 0.29) is 18.0 Å². The van der Waals surface area contributed by atoms with Crippen LogP contribution in [0.1, 0.15) is 20.8 Å². The van der Waals surface area contributed by atoms with Gasteiger partial charge in [-0.3, -0.25) is 4.79 Å². The van der Waals surface area contributed by atoms with Crippen LogP contribution < -0.4 is 10.2 Å². The number of hydrogen-bond donors (Lipinski definition) is 1. The maximum Gasteiger partial charge on any atom is 0.318 e. The molecule has 1 atom stereocenters. The van der Waals surface area contributed by atoms with Gasteiger partial charge in [-0.1, -0.05) is 22.0 Å². The molecule has 2 rings (SSSR count). The smallest absolute Gasteiger partial charge is 0.318 e. The van der Waals surface area contributed by atoms with Crippen molar-refractivity contribution in [2.45, 2.75) is 32.9 Å². The highest BCUT2D eigenvalue weighted by Gasteiger charge is 2.35. The molecule has 1 aliphatic heterocycles. The van der Waals surface area contributed by atoms with Gasteiger partial charge >= 0.3 is 6.03 Å². The topological polar surface area (TPSA) is 52.7 Å². The molecule has 1 fully saturated rings. The fraction of sp³-hybridized carbons (Fsp3) is 0.467. The van der Waals surface area contributed by atoms with Crippen LogP contribution in [0.15, 0.2) is 28.7 Å². The lowest BCUT2D eigenvalue weighted by Crippen LogP contribution is -2.60. The largest absolute Gasteiger partial charge is 0.336 e. The number of nitrogens with zero attached hydrogens (tertiary/aromatic N) is 2. The summed E-state index contributed by atoms with van der Waals surface area (Å²) in [5.74, 6) is -0.0572. The molecule has 1 unspecified atom stereocenters. The van der Waals surface area contributed by atoms with Gasteiger partial charge in [-0.2, -0.15) is 0 Å². The molecule has 1 heterocycles. The molecule has 21 heavy (non-hydrogen) atoms. The van der Waals surface area contributed by atoms with Crippen LogP contribution in [-0.4, -0.2) is 42.0 Å². The highest BCUT2D eigenvalue weighted by Crippen LogP contribution is 2.23. The average molecular weight is 354 g/mol. The zero-order valence-corrected chi connectivity index (χ0v) is 14.1. The van der Waals surface area contributed by atoms with Crippen LogP contribution in [0.5, 0.6) is 0 Å². The molecule has 0 aromatic heterocycles. The third-order valence-corrected chi connectivity index (χ3v) is 3.94. The van der Waals surface area contributed by atoms with Gasteiger partial charge in [0.2, 0.25) is 5.91 Å². The molecule has 5 nitrogen and oxygen atoms in total. The van der Waals surface area contributed by atoms with Crippen LogP contribution in [0.2, 0.25) is 0 Å². The minimum absolute atomic E-state index is 0.0572. The summed E-state index contributed by atoms with van der Waals surface area (Å²) in [4.78, 5) is 27.9. The molecule has 0 aliphatic carbocycles. The standard InChI is InChI=1S/C15H20BrN3O2/c1-10(2)17-15(21)18-7-8-19(14(20)11(18)3)13-6-4-5-12(16)9-13/h4-6,9-11H,7-8H2,1-3H3,(H,17,21). The summed E-state index contributed by atoms with van der Waals surface area (Å²) in [6.07, 6.45) is 0. The predicted molar refractivity (Wildman–Crippen MR) is 86.3 cm³/mol. The minimum atomic E-state index is -0.462. The van der Waals surface area contributed by atoms with Crippen molar-refractivity contribution >= 4 is 33.6 Å². The Morgan fingerprint density at radius 3 is 2.71 bits per heavy atom. The first-order valence-electron chi connectivity index (χ1n) is 7.04. The molecule has 1 aliphatic rings. The van der Waals surface area contributed by atoms with Gasteiger partial charge in [-0.05, 0) is 39.0 Å². The first kappa shape index (κ1) is 15.8. The predicted octanol–water partition coefficient (Wildman–Crippen LogP) is 2.60. The van der Waals surface area contributed by atoms with E-state index in [1.165, 1.54) is 0 Å². The van der Waals surface area contributed by atoms with E-state index in [4.69, 9.17) is 0 Å². The van der Waals surface area contributed by atoms with Crippen LogP contribution >= 0.6 is 15.9 Å². The number of rotatable bonds is 2. The number of nitrogens with one attached hydrogen (secondary N) is 1. The highest BCUT2D eigenvalue weighted by molar-refractivity contribution is 9.10. The lowest BCUT2D eigenvalue weighted by Gasteiger charge is -2.39. The van der Waals surface area contributed by atoms with Crippen molar-refractivity contribution in [3.63, 3.8) is 0 Å². The summed E-state index contributed by atoms with van der Waals surface area (Å²) in [6.45, 7) is 6.61. The lowest BCUT2D eigenvalue weighted by molar-refractivity contribution is -0.124. The van der Waals surface area contributed by atoms with Crippen LogP contribution in [-0.2, 0) is 4.79 Å². The van der Waals surface area contributed by atoms with Gasteiger partial charge in [0, 0.05) is 29.3 Å². The lowest BCUT2D eigenvalue weighted by atomic mass is 10.1. The first-order valence-corrected chi connectivity index (χ1v) is 7.83. The quantitative estimate of drug-likeness (QED) is 0.888. The molecule has 1 saturated heterocycles. The molecule has 0 spiro atoms. The van der Waals surface area contributed by atoms with Crippen LogP contribution in [0.4, 0.5) is 10.5 Å². The van der Waals surface area contributed by atoms with E-state index in [0.29, 0.717) is 13.1 Å². The third-order valence-electron chi connectivity index (χ3n) is 3.45. The summed E-state index contributed by atoms with van der Waals surface area (Å²) in [7, 11) is 0. The molecule has 1 aromatic rings. The normalized spacial score (nSPS) is 19.1. The van der Waals surface area contributed by atoms with Crippen LogP contribution in [0.3, 0.4) is 0 Å². The van der Waals surface area contributed by atoms with Gasteiger partial charge < -0.3 is 15.1 Å². The van der Waals surface area contributed by atoms with Gasteiger partial charge in [0.1, 0.15) is 6.04 Å². The van der Waals surface area contributed by atoms with Crippen LogP contribution in [0, 0.1) is 0 Å². The Balaban J connectivity index is 2.13. The number of anilines is 1. The van der Waals surface area contributed by atoms with Gasteiger partial charge in [-0.15, -0.1) is 0 Å². The average Bonchev–Trinajstić information content (AvgIpc) is 2.40. The van der Waals surface area contributed by atoms with E-state index in [0.717, 1.165) is 10.2 Å². The number of carbonyl (C=O) groups is 2. The number of hydrogen-bond acceptors (Lipinski definition) is 2. The summed E-state index contributed by atoms with van der Waals surface area (Å²) >= 11 is 3.41. The second-order valence-electron chi connectivity index (χ2n) is 5.44. The number of benzene rings is 1. The Morgan fingerprint density at radius 1 is 1.38 bits per heavy atom. The summed E-state index contributed by atoms with van der Waals surface area (Å²) in [5.41, 5.74) is 0.852. The molecule has 3 amide bonds. The number of carbonyl (C=O) groups excluding carboxylic acids is 2. The van der Waals surface area contributed by atoms with Gasteiger partial charge in [-0.25, -0.2) is 4.79 Å². The fourth-order valence-electron chi connectivity index (χ4n) is 2.38. The van der Waals surface area contributed by atoms with Gasteiger partial charge in [0.15, 0.2) is 0 Å². The Labute approximate surface area is 133 Å². The third kappa shape index (κ3) is 3.56. The van der Waals surface area contributed by atoms with Crippen LogP contribution in [0.25, 0.3) is 0 Å². The van der Waals surface area contributed by atoms with Gasteiger partial charge in [0.05, 0.1) is 0 Å². The summed E-state index contributed by atoms with van der Waals surface area (Å²) in [5, 5.41) is 2.84. The Bertz CT molecular complexity index is 547. The second-order valence-corrected chi connectivity index (χ2v) is 6.36. The zero-order chi connectivity index (χ0) is 15.6. The molecular formula is C15H20BrN3O2. The number of urea groups is 1. The molecule has 114 valence electrons. The summed E-state index contributed by atoms with van der Waals surface area (Å²) < 4.78 is 0.931. The maximum absolute atomic E-state index is 12.5.